The zero-order valence-corrected chi connectivity index (χ0v) is 19.2. The van der Waals surface area contributed by atoms with E-state index in [-0.39, 0.29) is 33.9 Å². The van der Waals surface area contributed by atoms with Gasteiger partial charge >= 0.3 is 5.97 Å². The maximum absolute atomic E-state index is 16.5. The second-order valence-electron chi connectivity index (χ2n) is 9.44. The van der Waals surface area contributed by atoms with Crippen molar-refractivity contribution in [1.82, 2.24) is 14.9 Å². The van der Waals surface area contributed by atoms with Crippen LogP contribution in [-0.4, -0.2) is 32.6 Å². The van der Waals surface area contributed by atoms with Gasteiger partial charge in [-0.15, -0.1) is 0 Å². The van der Waals surface area contributed by atoms with Gasteiger partial charge in [0, 0.05) is 29.6 Å². The molecule has 4 aromatic rings. The fourth-order valence-corrected chi connectivity index (χ4v) is 4.73. The minimum Gasteiger partial charge on any atom is -0.481 e. The molecule has 2 fully saturated rings. The van der Waals surface area contributed by atoms with E-state index in [1.807, 2.05) is 30.3 Å². The summed E-state index contributed by atoms with van der Waals surface area (Å²) in [5.41, 5.74) is -0.402. The molecule has 36 heavy (non-hydrogen) atoms. The quantitative estimate of drug-likeness (QED) is 0.428. The van der Waals surface area contributed by atoms with Crippen molar-refractivity contribution in [2.24, 2.45) is 0 Å². The Morgan fingerprint density at radius 1 is 1.06 bits per heavy atom. The van der Waals surface area contributed by atoms with Crippen molar-refractivity contribution in [2.45, 2.75) is 37.1 Å². The number of hydrogen-bond acceptors (Lipinski definition) is 4. The summed E-state index contributed by atoms with van der Waals surface area (Å²) in [4.78, 5) is 42.7. The molecule has 2 aliphatic carbocycles. The molecule has 2 heterocycles. The van der Waals surface area contributed by atoms with Gasteiger partial charge in [-0.05, 0) is 43.4 Å². The highest BCUT2D eigenvalue weighted by atomic mass is 19.1. The van der Waals surface area contributed by atoms with Crippen molar-refractivity contribution in [3.63, 3.8) is 0 Å². The Labute approximate surface area is 205 Å². The maximum Gasteiger partial charge on any atom is 0.314 e. The van der Waals surface area contributed by atoms with Crippen LogP contribution in [0.3, 0.4) is 0 Å². The third-order valence-electron chi connectivity index (χ3n) is 7.04. The largest absolute Gasteiger partial charge is 0.481 e. The number of carboxylic acid groups (broad SMARTS) is 1. The number of pyridine rings is 2. The van der Waals surface area contributed by atoms with Crippen LogP contribution in [0, 0.1) is 5.82 Å². The summed E-state index contributed by atoms with van der Waals surface area (Å²) in [7, 11) is 0. The lowest BCUT2D eigenvalue weighted by atomic mass is 9.91. The topological polar surface area (TPSA) is 101 Å². The predicted molar refractivity (Wildman–Crippen MR) is 132 cm³/mol. The summed E-state index contributed by atoms with van der Waals surface area (Å²) in [6, 6.07) is 15.5. The van der Waals surface area contributed by atoms with E-state index in [2.05, 4.69) is 10.3 Å². The van der Waals surface area contributed by atoms with Crippen molar-refractivity contribution < 1.29 is 19.1 Å². The molecule has 0 bridgehead atoms. The number of carbonyl (C=O) groups excluding carboxylic acids is 1. The molecule has 2 aromatic heterocycles. The Morgan fingerprint density at radius 3 is 2.47 bits per heavy atom. The van der Waals surface area contributed by atoms with Gasteiger partial charge in [0.15, 0.2) is 5.82 Å². The van der Waals surface area contributed by atoms with Crippen LogP contribution in [0.2, 0.25) is 0 Å². The number of halogens is 1. The molecular weight excluding hydrogens is 461 g/mol. The van der Waals surface area contributed by atoms with Gasteiger partial charge in [-0.3, -0.25) is 19.0 Å². The average molecular weight is 483 g/mol. The van der Waals surface area contributed by atoms with Crippen molar-refractivity contribution in [3.8, 4) is 16.8 Å². The Kier molecular flexibility index (Phi) is 5.00. The molecule has 0 aliphatic heterocycles. The van der Waals surface area contributed by atoms with Gasteiger partial charge in [-0.2, -0.15) is 0 Å². The number of amides is 1. The van der Waals surface area contributed by atoms with E-state index in [9.17, 15) is 19.5 Å². The Morgan fingerprint density at radius 2 is 1.81 bits per heavy atom. The van der Waals surface area contributed by atoms with Gasteiger partial charge < -0.3 is 10.4 Å². The Balaban J connectivity index is 1.68. The van der Waals surface area contributed by atoms with Crippen LogP contribution >= 0.6 is 0 Å². The minimum absolute atomic E-state index is 0.0279. The van der Waals surface area contributed by atoms with Gasteiger partial charge in [0.2, 0.25) is 5.43 Å². The van der Waals surface area contributed by atoms with Crippen LogP contribution < -0.4 is 10.7 Å². The third-order valence-corrected chi connectivity index (χ3v) is 7.04. The van der Waals surface area contributed by atoms with E-state index >= 15 is 4.39 Å². The summed E-state index contributed by atoms with van der Waals surface area (Å²) >= 11 is 0. The van der Waals surface area contributed by atoms with Gasteiger partial charge in [0.25, 0.3) is 5.91 Å². The van der Waals surface area contributed by atoms with E-state index in [0.717, 1.165) is 12.8 Å². The highest BCUT2D eigenvalue weighted by molar-refractivity contribution is 5.98. The molecule has 2 aliphatic rings. The second kappa shape index (κ2) is 8.12. The summed E-state index contributed by atoms with van der Waals surface area (Å²) in [5.74, 6) is -2.31. The normalized spacial score (nSPS) is 16.0. The summed E-state index contributed by atoms with van der Waals surface area (Å²) in [6.45, 7) is 0. The van der Waals surface area contributed by atoms with Gasteiger partial charge in [0.1, 0.15) is 11.2 Å². The Hall–Kier alpha value is -4.33. The monoisotopic (exact) mass is 483 g/mol. The first-order chi connectivity index (χ1) is 17.4. The van der Waals surface area contributed by atoms with Crippen molar-refractivity contribution in [1.29, 1.82) is 0 Å². The average Bonchev–Trinajstić information content (AvgIpc) is 3.81. The number of aliphatic carboxylic acids is 1. The summed E-state index contributed by atoms with van der Waals surface area (Å²) in [5, 5.41) is 12.9. The molecule has 2 aromatic carbocycles. The highest BCUT2D eigenvalue weighted by Crippen LogP contribution is 2.51. The molecular formula is C28H22FN3O4. The number of benzene rings is 2. The second-order valence-corrected chi connectivity index (χ2v) is 9.44. The molecule has 0 atom stereocenters. The molecule has 0 spiro atoms. The molecule has 0 unspecified atom stereocenters. The fraction of sp³-hybridized carbons (Fsp3) is 0.214. The van der Waals surface area contributed by atoms with Crippen LogP contribution in [0.5, 0.6) is 0 Å². The summed E-state index contributed by atoms with van der Waals surface area (Å²) < 4.78 is 17.9. The molecule has 2 saturated carbocycles. The first-order valence-corrected chi connectivity index (χ1v) is 11.8. The number of carboxylic acids is 1. The van der Waals surface area contributed by atoms with E-state index in [0.29, 0.717) is 24.0 Å². The van der Waals surface area contributed by atoms with E-state index < -0.39 is 28.5 Å². The van der Waals surface area contributed by atoms with Crippen LogP contribution in [0.4, 0.5) is 4.39 Å². The number of nitrogens with one attached hydrogen (secondary N) is 1. The van der Waals surface area contributed by atoms with Gasteiger partial charge in [-0.1, -0.05) is 42.5 Å². The highest BCUT2D eigenvalue weighted by Gasteiger charge is 2.53. The summed E-state index contributed by atoms with van der Waals surface area (Å²) in [6.07, 6.45) is 5.18. The van der Waals surface area contributed by atoms with E-state index in [1.54, 1.807) is 18.2 Å². The Bertz CT molecular complexity index is 1600. The molecule has 2 N–H and O–H groups in total. The van der Waals surface area contributed by atoms with Crippen molar-refractivity contribution in [2.75, 3.05) is 0 Å². The maximum atomic E-state index is 16.5. The molecule has 0 saturated heterocycles. The molecule has 1 amide bonds. The van der Waals surface area contributed by atoms with E-state index in [1.165, 1.54) is 23.0 Å². The number of nitrogens with zero attached hydrogens (tertiary/aromatic N) is 2. The number of rotatable bonds is 6. The van der Waals surface area contributed by atoms with Crippen LogP contribution in [0.15, 0.2) is 71.8 Å². The third kappa shape index (κ3) is 3.48. The smallest absolute Gasteiger partial charge is 0.314 e. The molecule has 7 nitrogen and oxygen atoms in total. The predicted octanol–water partition coefficient (Wildman–Crippen LogP) is 4.20. The minimum atomic E-state index is -1.29. The van der Waals surface area contributed by atoms with Gasteiger partial charge in [-0.25, -0.2) is 9.37 Å². The number of fused-ring (bicyclic) bond motifs is 1. The van der Waals surface area contributed by atoms with Crippen LogP contribution in [0.1, 0.15) is 41.6 Å². The first kappa shape index (κ1) is 22.2. The lowest BCUT2D eigenvalue weighted by Crippen LogP contribution is -2.31. The number of hydrogen-bond donors (Lipinski definition) is 2. The van der Waals surface area contributed by atoms with Crippen molar-refractivity contribution in [3.05, 3.63) is 94.2 Å². The van der Waals surface area contributed by atoms with Crippen LogP contribution in [0.25, 0.3) is 27.8 Å². The standard InChI is InChI=1S/C28H22FN3O4/c29-22-21(28(12-13-28)27(35)36)11-10-18(16-5-2-1-3-6-16)23(22)32-15-20(26(34)31-17-8-9-17)24(33)19-7-4-14-30-25(19)32/h1-7,10-11,14-15,17H,8-9,12-13H2,(H,31,34)(H,35,36). The number of aromatic nitrogens is 2. The first-order valence-electron chi connectivity index (χ1n) is 11.8. The molecule has 6 rings (SSSR count). The fourth-order valence-electron chi connectivity index (χ4n) is 4.73. The van der Waals surface area contributed by atoms with Crippen LogP contribution in [-0.2, 0) is 10.2 Å². The molecule has 8 heteroatoms. The zero-order chi connectivity index (χ0) is 25.0. The molecule has 180 valence electrons. The number of carbonyl (C=O) groups is 2. The molecule has 0 radical (unpaired) electrons. The van der Waals surface area contributed by atoms with E-state index in [4.69, 9.17) is 0 Å². The zero-order valence-electron chi connectivity index (χ0n) is 19.2. The van der Waals surface area contributed by atoms with Gasteiger partial charge in [0.05, 0.1) is 16.5 Å². The van der Waals surface area contributed by atoms with Crippen molar-refractivity contribution >= 4 is 22.9 Å². The lowest BCUT2D eigenvalue weighted by molar-refractivity contribution is -0.140. The lowest BCUT2D eigenvalue weighted by Gasteiger charge is -2.21. The SMILES string of the molecule is O=C(NC1CC1)c1cn(-c2c(-c3ccccc3)ccc(C3(C(=O)O)CC3)c2F)c2ncccc2c1=O.